The molecule has 0 saturated carbocycles. The van der Waals surface area contributed by atoms with E-state index in [1.165, 1.54) is 0 Å². The second kappa shape index (κ2) is 9.46. The molecule has 0 unspecified atom stereocenters. The van der Waals surface area contributed by atoms with Crippen LogP contribution in [-0.2, 0) is 21.4 Å². The van der Waals surface area contributed by atoms with E-state index in [0.29, 0.717) is 33.0 Å². The van der Waals surface area contributed by atoms with Crippen molar-refractivity contribution in [2.24, 2.45) is 0 Å². The lowest BCUT2D eigenvalue weighted by Gasteiger charge is -2.21. The van der Waals surface area contributed by atoms with Gasteiger partial charge in [0, 0.05) is 11.4 Å². The molecule has 33 heavy (non-hydrogen) atoms. The van der Waals surface area contributed by atoms with E-state index in [0.717, 1.165) is 24.0 Å². The first-order valence-electron chi connectivity index (χ1n) is 10.7. The van der Waals surface area contributed by atoms with Crippen LogP contribution >= 0.6 is 23.2 Å². The number of halogens is 2. The highest BCUT2D eigenvalue weighted by Crippen LogP contribution is 2.37. The Morgan fingerprint density at radius 2 is 1.67 bits per heavy atom. The molecule has 4 rings (SSSR count). The van der Waals surface area contributed by atoms with Crippen LogP contribution in [0.3, 0.4) is 0 Å². The monoisotopic (exact) mass is 483 g/mol. The molecule has 1 aliphatic heterocycles. The molecule has 0 aliphatic carbocycles. The summed E-state index contributed by atoms with van der Waals surface area (Å²) in [6.45, 7) is 3.85. The van der Waals surface area contributed by atoms with Gasteiger partial charge in [0.25, 0.3) is 0 Å². The Balaban J connectivity index is 1.59. The number of hydrogen-bond acceptors (Lipinski definition) is 4. The normalized spacial score (nSPS) is 17.7. The molecule has 7 heteroatoms. The minimum Gasteiger partial charge on any atom is -0.457 e. The third-order valence-electron chi connectivity index (χ3n) is 5.64. The summed E-state index contributed by atoms with van der Waals surface area (Å²) in [5.74, 6) is 1.88. The first-order chi connectivity index (χ1) is 15.8. The van der Waals surface area contributed by atoms with Crippen LogP contribution in [0.4, 0.5) is 0 Å². The smallest absolute Gasteiger partial charge is 0.237 e. The number of benzene rings is 3. The highest BCUT2D eigenvalue weighted by molar-refractivity contribution is 6.35. The van der Waals surface area contributed by atoms with Crippen molar-refractivity contribution in [2.45, 2.75) is 38.5 Å². The summed E-state index contributed by atoms with van der Waals surface area (Å²) in [6.07, 6.45) is 1.83. The summed E-state index contributed by atoms with van der Waals surface area (Å²) in [5.41, 5.74) is 0.807. The standard InChI is InChI=1S/C26H23Cl2NO4/c1-3-5-16-12-20(33-23-10-8-18(27)14-21(23)28)9-11-22(16)32-19-7-4-6-17(13-19)26(2)15-24(30)29-25(26)31/h4,6-14H,3,5,15H2,1-2H3,(H,29,30,31)/t26-/m1/s1. The van der Waals surface area contributed by atoms with Gasteiger partial charge in [-0.1, -0.05) is 48.7 Å². The zero-order chi connectivity index (χ0) is 23.6. The van der Waals surface area contributed by atoms with Crippen LogP contribution in [0.25, 0.3) is 0 Å². The Labute approximate surface area is 202 Å². The molecule has 1 saturated heterocycles. The first-order valence-corrected chi connectivity index (χ1v) is 11.4. The second-order valence-electron chi connectivity index (χ2n) is 8.21. The van der Waals surface area contributed by atoms with Gasteiger partial charge in [-0.2, -0.15) is 0 Å². The summed E-state index contributed by atoms with van der Waals surface area (Å²) in [6, 6.07) is 18.0. The fourth-order valence-corrected chi connectivity index (χ4v) is 4.29. The van der Waals surface area contributed by atoms with Crippen LogP contribution in [0.15, 0.2) is 60.7 Å². The van der Waals surface area contributed by atoms with Crippen LogP contribution in [0, 0.1) is 0 Å². The molecular formula is C26H23Cl2NO4. The Kier molecular flexibility index (Phi) is 6.63. The third kappa shape index (κ3) is 5.00. The van der Waals surface area contributed by atoms with Gasteiger partial charge in [-0.3, -0.25) is 14.9 Å². The van der Waals surface area contributed by atoms with Crippen molar-refractivity contribution >= 4 is 35.0 Å². The minimum atomic E-state index is -0.905. The number of carbonyl (C=O) groups excluding carboxylic acids is 2. The van der Waals surface area contributed by atoms with E-state index in [2.05, 4.69) is 12.2 Å². The molecule has 0 radical (unpaired) electrons. The number of nitrogens with one attached hydrogen (secondary N) is 1. The predicted molar refractivity (Wildman–Crippen MR) is 129 cm³/mol. The van der Waals surface area contributed by atoms with Crippen molar-refractivity contribution in [1.29, 1.82) is 0 Å². The Morgan fingerprint density at radius 1 is 0.939 bits per heavy atom. The SMILES string of the molecule is CCCc1cc(Oc2ccc(Cl)cc2Cl)ccc1Oc1cccc([C@@]2(C)CC(=O)NC2=O)c1. The van der Waals surface area contributed by atoms with Gasteiger partial charge < -0.3 is 9.47 Å². The maximum atomic E-state index is 12.3. The molecule has 1 heterocycles. The van der Waals surface area contributed by atoms with E-state index in [9.17, 15) is 9.59 Å². The molecule has 3 aromatic carbocycles. The zero-order valence-electron chi connectivity index (χ0n) is 18.3. The van der Waals surface area contributed by atoms with E-state index in [1.807, 2.05) is 42.5 Å². The highest BCUT2D eigenvalue weighted by Gasteiger charge is 2.44. The molecule has 0 bridgehead atoms. The van der Waals surface area contributed by atoms with Gasteiger partial charge in [-0.25, -0.2) is 0 Å². The van der Waals surface area contributed by atoms with Gasteiger partial charge in [0.2, 0.25) is 11.8 Å². The average molecular weight is 484 g/mol. The first kappa shape index (κ1) is 23.1. The predicted octanol–water partition coefficient (Wildman–Crippen LogP) is 6.83. The molecule has 0 aromatic heterocycles. The van der Waals surface area contributed by atoms with Gasteiger partial charge in [0.15, 0.2) is 0 Å². The van der Waals surface area contributed by atoms with Crippen LogP contribution in [0.5, 0.6) is 23.0 Å². The van der Waals surface area contributed by atoms with Crippen molar-refractivity contribution in [3.05, 3.63) is 81.8 Å². The number of ether oxygens (including phenoxy) is 2. The molecule has 1 fully saturated rings. The molecule has 170 valence electrons. The number of amides is 2. The number of imide groups is 1. The molecule has 1 atom stereocenters. The van der Waals surface area contributed by atoms with E-state index in [4.69, 9.17) is 32.7 Å². The van der Waals surface area contributed by atoms with Crippen LogP contribution in [-0.4, -0.2) is 11.8 Å². The van der Waals surface area contributed by atoms with Crippen molar-refractivity contribution in [1.82, 2.24) is 5.32 Å². The molecule has 0 spiro atoms. The Bertz CT molecular complexity index is 1230. The topological polar surface area (TPSA) is 64.6 Å². The number of aryl methyl sites for hydroxylation is 1. The Morgan fingerprint density at radius 3 is 2.36 bits per heavy atom. The van der Waals surface area contributed by atoms with Gasteiger partial charge >= 0.3 is 0 Å². The summed E-state index contributed by atoms with van der Waals surface area (Å²) < 4.78 is 12.2. The van der Waals surface area contributed by atoms with Crippen molar-refractivity contribution in [2.75, 3.05) is 0 Å². The molecule has 2 amide bonds. The maximum Gasteiger partial charge on any atom is 0.237 e. The van der Waals surface area contributed by atoms with Crippen molar-refractivity contribution < 1.29 is 19.1 Å². The largest absolute Gasteiger partial charge is 0.457 e. The lowest BCUT2D eigenvalue weighted by Crippen LogP contribution is -2.32. The number of hydrogen-bond donors (Lipinski definition) is 1. The van der Waals surface area contributed by atoms with E-state index >= 15 is 0 Å². The molecule has 3 aromatic rings. The van der Waals surface area contributed by atoms with Gasteiger partial charge in [0.05, 0.1) is 10.4 Å². The van der Waals surface area contributed by atoms with Crippen molar-refractivity contribution in [3.63, 3.8) is 0 Å². The van der Waals surface area contributed by atoms with E-state index in [1.54, 1.807) is 25.1 Å². The molecular weight excluding hydrogens is 461 g/mol. The summed E-state index contributed by atoms with van der Waals surface area (Å²) >= 11 is 12.2. The fourth-order valence-electron chi connectivity index (χ4n) is 3.84. The summed E-state index contributed by atoms with van der Waals surface area (Å²) in [4.78, 5) is 24.1. The van der Waals surface area contributed by atoms with Crippen molar-refractivity contribution in [3.8, 4) is 23.0 Å². The van der Waals surface area contributed by atoms with Crippen LogP contribution < -0.4 is 14.8 Å². The molecule has 1 aliphatic rings. The lowest BCUT2D eigenvalue weighted by atomic mass is 9.81. The minimum absolute atomic E-state index is 0.121. The van der Waals surface area contributed by atoms with Crippen LogP contribution in [0.2, 0.25) is 10.0 Å². The second-order valence-corrected chi connectivity index (χ2v) is 9.06. The number of carbonyl (C=O) groups is 2. The quantitative estimate of drug-likeness (QED) is 0.373. The average Bonchev–Trinajstić information content (AvgIpc) is 3.04. The molecule has 5 nitrogen and oxygen atoms in total. The zero-order valence-corrected chi connectivity index (χ0v) is 19.8. The maximum absolute atomic E-state index is 12.3. The summed E-state index contributed by atoms with van der Waals surface area (Å²) in [7, 11) is 0. The summed E-state index contributed by atoms with van der Waals surface area (Å²) in [5, 5.41) is 3.35. The Hall–Kier alpha value is -3.02. The fraction of sp³-hybridized carbons (Fsp3) is 0.231. The van der Waals surface area contributed by atoms with Gasteiger partial charge in [0.1, 0.15) is 23.0 Å². The van der Waals surface area contributed by atoms with Gasteiger partial charge in [-0.15, -0.1) is 0 Å². The van der Waals surface area contributed by atoms with Crippen LogP contribution in [0.1, 0.15) is 37.8 Å². The van der Waals surface area contributed by atoms with E-state index < -0.39 is 5.41 Å². The van der Waals surface area contributed by atoms with E-state index in [-0.39, 0.29) is 18.2 Å². The number of rotatable bonds is 7. The van der Waals surface area contributed by atoms with Gasteiger partial charge in [-0.05, 0) is 73.0 Å². The lowest BCUT2D eigenvalue weighted by molar-refractivity contribution is -0.126. The highest BCUT2D eigenvalue weighted by atomic mass is 35.5. The third-order valence-corrected chi connectivity index (χ3v) is 6.17. The molecule has 1 N–H and O–H groups in total.